The van der Waals surface area contributed by atoms with Crippen molar-refractivity contribution in [2.45, 2.75) is 25.5 Å². The van der Waals surface area contributed by atoms with Gasteiger partial charge in [-0.05, 0) is 44.5 Å². The molecule has 0 bridgehead atoms. The number of ether oxygens (including phenoxy) is 1. The van der Waals surface area contributed by atoms with E-state index in [-0.39, 0.29) is 5.56 Å². The van der Waals surface area contributed by atoms with Gasteiger partial charge in [-0.1, -0.05) is 41.9 Å². The molecule has 0 fully saturated rings. The molecule has 0 saturated carbocycles. The Morgan fingerprint density at radius 3 is 2.28 bits per heavy atom. The summed E-state index contributed by atoms with van der Waals surface area (Å²) in [6.45, 7) is 7.10. The Balaban J connectivity index is 1.97. The van der Waals surface area contributed by atoms with Gasteiger partial charge in [-0.15, -0.1) is 0 Å². The number of sulfone groups is 1. The smallest absolute Gasteiger partial charge is 0.428 e. The number of nitrogens with zero attached hydrogens (tertiary/aromatic N) is 2. The van der Waals surface area contributed by atoms with Crippen LogP contribution in [0.15, 0.2) is 48.5 Å². The van der Waals surface area contributed by atoms with Gasteiger partial charge in [0.2, 0.25) is 0 Å². The third kappa shape index (κ3) is 6.21. The molecule has 0 spiro atoms. The second-order valence-corrected chi connectivity index (χ2v) is 9.94. The molecule has 2 aromatic rings. The molecule has 2 aromatic carbocycles. The van der Waals surface area contributed by atoms with Crippen molar-refractivity contribution in [3.05, 3.63) is 59.7 Å². The van der Waals surface area contributed by atoms with E-state index in [4.69, 9.17) is 22.2 Å². The largest absolute Gasteiger partial charge is 0.447 e. The molecule has 0 aliphatic heterocycles. The van der Waals surface area contributed by atoms with Gasteiger partial charge in [-0.2, -0.15) is 0 Å². The summed E-state index contributed by atoms with van der Waals surface area (Å²) in [6.07, 6.45) is -0.917. The molecule has 8 nitrogen and oxygen atoms in total. The van der Waals surface area contributed by atoms with Gasteiger partial charge in [0, 0.05) is 24.3 Å². The molecule has 0 radical (unpaired) electrons. The normalized spacial score (nSPS) is 12.2. The van der Waals surface area contributed by atoms with Crippen LogP contribution in [0.2, 0.25) is 0 Å². The third-order valence-electron chi connectivity index (χ3n) is 4.94. The maximum atomic E-state index is 12.4. The second-order valence-electron chi connectivity index (χ2n) is 7.04. The summed E-state index contributed by atoms with van der Waals surface area (Å²) in [5.74, 6) is 4.53. The lowest BCUT2D eigenvalue weighted by Gasteiger charge is -2.24. The molecule has 0 aromatic heterocycles. The molecule has 0 aliphatic carbocycles. The van der Waals surface area contributed by atoms with Crippen LogP contribution in [0.3, 0.4) is 0 Å². The van der Waals surface area contributed by atoms with Crippen LogP contribution >= 0.6 is 11.6 Å². The lowest BCUT2D eigenvalue weighted by molar-refractivity contribution is 0.101. The van der Waals surface area contributed by atoms with Gasteiger partial charge < -0.3 is 9.64 Å². The monoisotopic (exact) mass is 481 g/mol. The number of anilines is 2. The van der Waals surface area contributed by atoms with Gasteiger partial charge in [0.25, 0.3) is 0 Å². The molecule has 174 valence electrons. The summed E-state index contributed by atoms with van der Waals surface area (Å²) in [4.78, 5) is 26.8. The quantitative estimate of drug-likeness (QED) is 0.182. The van der Waals surface area contributed by atoms with E-state index in [0.29, 0.717) is 5.69 Å². The highest BCUT2D eigenvalue weighted by Gasteiger charge is 2.31. The Kier molecular flexibility index (Phi) is 9.06. The Labute approximate surface area is 193 Å². The first-order valence-electron chi connectivity index (χ1n) is 10.1. The molecule has 0 heterocycles. The zero-order valence-electron chi connectivity index (χ0n) is 18.3. The van der Waals surface area contributed by atoms with Crippen LogP contribution in [0.25, 0.3) is 0 Å². The molecule has 1 atom stereocenters. The summed E-state index contributed by atoms with van der Waals surface area (Å²) in [7, 11) is -4.05. The van der Waals surface area contributed by atoms with Crippen LogP contribution in [0.4, 0.5) is 16.2 Å². The van der Waals surface area contributed by atoms with Crippen molar-refractivity contribution in [3.63, 3.8) is 0 Å². The Hall–Kier alpha value is -2.62. The minimum atomic E-state index is -4.05. The molecular weight excluding hydrogens is 454 g/mol. The SMILES string of the molecule is CCN(CC)c1ccc(N(N)C(=O)OCCS(=O)(=O)C(Cl)C(=O)c2ccccc2)c(C)c1. The predicted molar refractivity (Wildman–Crippen MR) is 127 cm³/mol. The van der Waals surface area contributed by atoms with Crippen molar-refractivity contribution in [2.75, 3.05) is 35.4 Å². The van der Waals surface area contributed by atoms with Crippen molar-refractivity contribution in [1.29, 1.82) is 0 Å². The third-order valence-corrected chi connectivity index (χ3v) is 7.53. The fraction of sp³-hybridized carbons (Fsp3) is 0.364. The Morgan fingerprint density at radius 2 is 1.72 bits per heavy atom. The maximum Gasteiger partial charge on any atom is 0.428 e. The molecule has 1 amide bonds. The van der Waals surface area contributed by atoms with Crippen molar-refractivity contribution < 1.29 is 22.7 Å². The number of nitrogens with two attached hydrogens (primary N) is 1. The second kappa shape index (κ2) is 11.3. The maximum absolute atomic E-state index is 12.4. The summed E-state index contributed by atoms with van der Waals surface area (Å²) in [6, 6.07) is 13.3. The number of hydrogen-bond acceptors (Lipinski definition) is 7. The van der Waals surface area contributed by atoms with Gasteiger partial charge in [0.1, 0.15) is 6.61 Å². The highest BCUT2D eigenvalue weighted by atomic mass is 35.5. The number of ketones is 1. The number of benzene rings is 2. The van der Waals surface area contributed by atoms with Crippen molar-refractivity contribution in [1.82, 2.24) is 0 Å². The molecule has 2 N–H and O–H groups in total. The van der Waals surface area contributed by atoms with E-state index in [2.05, 4.69) is 4.90 Å². The molecule has 0 aliphatic rings. The zero-order chi connectivity index (χ0) is 23.9. The summed E-state index contributed by atoms with van der Waals surface area (Å²) >= 11 is 5.90. The van der Waals surface area contributed by atoms with Crippen molar-refractivity contribution in [2.24, 2.45) is 5.84 Å². The van der Waals surface area contributed by atoms with Gasteiger partial charge in [-0.3, -0.25) is 4.79 Å². The number of rotatable bonds is 10. The van der Waals surface area contributed by atoms with E-state index >= 15 is 0 Å². The number of hydrazine groups is 1. The van der Waals surface area contributed by atoms with E-state index in [9.17, 15) is 18.0 Å². The standard InChI is InChI=1S/C22H28ClN3O5S/c1-4-25(5-2)18-11-12-19(16(3)15-18)26(24)22(28)31-13-14-32(29,30)21(23)20(27)17-9-7-6-8-10-17/h6-12,15,21H,4-5,13-14,24H2,1-3H3. The van der Waals surface area contributed by atoms with E-state index in [1.54, 1.807) is 24.3 Å². The number of alkyl halides is 1. The topological polar surface area (TPSA) is 110 Å². The Morgan fingerprint density at radius 1 is 1.09 bits per heavy atom. The molecule has 32 heavy (non-hydrogen) atoms. The minimum Gasteiger partial charge on any atom is -0.447 e. The number of hydrogen-bond donors (Lipinski definition) is 1. The van der Waals surface area contributed by atoms with Crippen molar-refractivity contribution >= 4 is 44.7 Å². The number of Topliss-reactive ketones (excluding diaryl/α,β-unsaturated/α-hetero) is 1. The summed E-state index contributed by atoms with van der Waals surface area (Å²) < 4.78 is 28.0. The lowest BCUT2D eigenvalue weighted by atomic mass is 10.1. The first-order chi connectivity index (χ1) is 15.1. The van der Waals surface area contributed by atoms with E-state index in [1.165, 1.54) is 12.1 Å². The fourth-order valence-electron chi connectivity index (χ4n) is 3.11. The Bertz CT molecular complexity index is 1040. The average molecular weight is 482 g/mol. The van der Waals surface area contributed by atoms with Crippen molar-refractivity contribution in [3.8, 4) is 0 Å². The van der Waals surface area contributed by atoms with E-state index in [1.807, 2.05) is 32.9 Å². The predicted octanol–water partition coefficient (Wildman–Crippen LogP) is 3.52. The average Bonchev–Trinajstić information content (AvgIpc) is 2.79. The van der Waals surface area contributed by atoms with Crippen LogP contribution in [0.5, 0.6) is 0 Å². The van der Waals surface area contributed by atoms with Crippen LogP contribution in [0, 0.1) is 6.92 Å². The number of carbonyl (C=O) groups excluding carboxylic acids is 2. The number of aryl methyl sites for hydroxylation is 1. The van der Waals surface area contributed by atoms with Crippen LogP contribution in [0.1, 0.15) is 29.8 Å². The molecule has 1 unspecified atom stereocenters. The first kappa shape index (κ1) is 25.6. The number of halogens is 1. The van der Waals surface area contributed by atoms with E-state index < -0.39 is 38.8 Å². The summed E-state index contributed by atoms with van der Waals surface area (Å²) in [5, 5.41) is 0.821. The lowest BCUT2D eigenvalue weighted by Crippen LogP contribution is -2.39. The van der Waals surface area contributed by atoms with Gasteiger partial charge in [-0.25, -0.2) is 24.1 Å². The number of amides is 1. The van der Waals surface area contributed by atoms with E-state index in [0.717, 1.165) is 29.3 Å². The van der Waals surface area contributed by atoms with Gasteiger partial charge >= 0.3 is 6.09 Å². The van der Waals surface area contributed by atoms with Crippen LogP contribution in [-0.2, 0) is 14.6 Å². The number of carbonyl (C=O) groups is 2. The van der Waals surface area contributed by atoms with Gasteiger partial charge in [0.05, 0.1) is 11.4 Å². The van der Waals surface area contributed by atoms with Gasteiger partial charge in [0.15, 0.2) is 20.3 Å². The minimum absolute atomic E-state index is 0.185. The fourth-order valence-corrected chi connectivity index (χ4v) is 4.49. The molecular formula is C22H28ClN3O5S. The zero-order valence-corrected chi connectivity index (χ0v) is 19.9. The van der Waals surface area contributed by atoms with Crippen LogP contribution < -0.4 is 15.8 Å². The molecule has 2 rings (SSSR count). The highest BCUT2D eigenvalue weighted by molar-refractivity contribution is 7.94. The summed E-state index contributed by atoms with van der Waals surface area (Å²) in [5.41, 5.74) is 2.38. The van der Waals surface area contributed by atoms with Crippen LogP contribution in [-0.4, -0.2) is 50.5 Å². The molecule has 10 heteroatoms. The first-order valence-corrected chi connectivity index (χ1v) is 12.3. The highest BCUT2D eigenvalue weighted by Crippen LogP contribution is 2.25. The molecule has 0 saturated heterocycles.